The van der Waals surface area contributed by atoms with Gasteiger partial charge >= 0.3 is 0 Å². The molecule has 3 heterocycles. The second kappa shape index (κ2) is 7.04. The molecule has 1 aromatic rings. The second-order valence-electron chi connectivity index (χ2n) is 7.09. The van der Waals surface area contributed by atoms with Crippen molar-refractivity contribution in [1.82, 2.24) is 15.0 Å². The van der Waals surface area contributed by atoms with Gasteiger partial charge in [0.2, 0.25) is 0 Å². The number of rotatable bonds is 3. The van der Waals surface area contributed by atoms with E-state index in [4.69, 9.17) is 4.52 Å². The lowest BCUT2D eigenvalue weighted by Crippen LogP contribution is -2.47. The van der Waals surface area contributed by atoms with E-state index in [0.717, 1.165) is 44.0 Å². The Bertz CT molecular complexity index is 546. The van der Waals surface area contributed by atoms with E-state index in [2.05, 4.69) is 17.1 Å². The van der Waals surface area contributed by atoms with Crippen LogP contribution in [0.15, 0.2) is 4.52 Å². The summed E-state index contributed by atoms with van der Waals surface area (Å²) in [6, 6.07) is 0.713. The van der Waals surface area contributed by atoms with Crippen LogP contribution in [-0.4, -0.2) is 53.6 Å². The summed E-state index contributed by atoms with van der Waals surface area (Å²) in [7, 11) is 2.26. The maximum Gasteiger partial charge on any atom is 0.259 e. The summed E-state index contributed by atoms with van der Waals surface area (Å²) in [6.45, 7) is 6.80. The van der Waals surface area contributed by atoms with Crippen molar-refractivity contribution < 1.29 is 9.32 Å². The third-order valence-corrected chi connectivity index (χ3v) is 5.68. The predicted molar refractivity (Wildman–Crippen MR) is 89.5 cm³/mol. The van der Waals surface area contributed by atoms with E-state index >= 15 is 0 Å². The molecular weight excluding hydrogens is 290 g/mol. The molecule has 2 aliphatic rings. The molecule has 0 unspecified atom stereocenters. The molecule has 0 N–H and O–H groups in total. The molecule has 2 saturated heterocycles. The molecule has 1 atom stereocenters. The highest BCUT2D eigenvalue weighted by Crippen LogP contribution is 2.30. The summed E-state index contributed by atoms with van der Waals surface area (Å²) in [5.74, 6) is 1.50. The monoisotopic (exact) mass is 319 g/mol. The van der Waals surface area contributed by atoms with Crippen LogP contribution in [0.1, 0.15) is 60.8 Å². The average Bonchev–Trinajstić information content (AvgIpc) is 2.95. The molecule has 23 heavy (non-hydrogen) atoms. The molecule has 0 aliphatic carbocycles. The van der Waals surface area contributed by atoms with Crippen LogP contribution in [0.3, 0.4) is 0 Å². The summed E-state index contributed by atoms with van der Waals surface area (Å²) in [4.78, 5) is 17.4. The summed E-state index contributed by atoms with van der Waals surface area (Å²) in [5, 5.41) is 4.02. The molecule has 0 aromatic carbocycles. The quantitative estimate of drug-likeness (QED) is 0.859. The van der Waals surface area contributed by atoms with Crippen LogP contribution in [-0.2, 0) is 6.42 Å². The Balaban J connectivity index is 1.62. The number of carbonyl (C=O) groups excluding carboxylic acids is 1. The van der Waals surface area contributed by atoms with Crippen molar-refractivity contribution in [2.24, 2.45) is 5.92 Å². The summed E-state index contributed by atoms with van der Waals surface area (Å²) >= 11 is 0. The van der Waals surface area contributed by atoms with E-state index in [1.165, 1.54) is 25.8 Å². The van der Waals surface area contributed by atoms with Crippen molar-refractivity contribution in [3.05, 3.63) is 17.0 Å². The molecule has 0 saturated carbocycles. The fourth-order valence-corrected chi connectivity index (χ4v) is 4.28. The average molecular weight is 319 g/mol. The largest absolute Gasteiger partial charge is 0.361 e. The van der Waals surface area contributed by atoms with Crippen LogP contribution in [0.5, 0.6) is 0 Å². The molecule has 5 heteroatoms. The number of nitrogens with zero attached hydrogens (tertiary/aromatic N) is 3. The Hall–Kier alpha value is -1.36. The number of likely N-dealkylation sites (tertiary alicyclic amines) is 2. The maximum atomic E-state index is 12.8. The highest BCUT2D eigenvalue weighted by Gasteiger charge is 2.33. The van der Waals surface area contributed by atoms with E-state index < -0.39 is 0 Å². The maximum absolute atomic E-state index is 12.8. The van der Waals surface area contributed by atoms with Gasteiger partial charge in [0.25, 0.3) is 5.91 Å². The third-order valence-electron chi connectivity index (χ3n) is 5.68. The van der Waals surface area contributed by atoms with Gasteiger partial charge in [0.1, 0.15) is 11.3 Å². The first-order chi connectivity index (χ1) is 11.1. The van der Waals surface area contributed by atoms with Crippen LogP contribution in [0.25, 0.3) is 0 Å². The summed E-state index contributed by atoms with van der Waals surface area (Å²) < 4.78 is 5.22. The zero-order valence-corrected chi connectivity index (χ0v) is 14.7. The molecule has 128 valence electrons. The smallest absolute Gasteiger partial charge is 0.259 e. The lowest BCUT2D eigenvalue weighted by atomic mass is 9.84. The number of hydrogen-bond donors (Lipinski definition) is 0. The van der Waals surface area contributed by atoms with Gasteiger partial charge in [0, 0.05) is 19.1 Å². The van der Waals surface area contributed by atoms with Gasteiger partial charge in [-0.1, -0.05) is 18.5 Å². The number of aryl methyl sites for hydroxylation is 2. The molecule has 2 fully saturated rings. The Morgan fingerprint density at radius 1 is 1.22 bits per heavy atom. The van der Waals surface area contributed by atoms with Gasteiger partial charge in [-0.25, -0.2) is 0 Å². The van der Waals surface area contributed by atoms with Gasteiger partial charge in [0.15, 0.2) is 0 Å². The van der Waals surface area contributed by atoms with Crippen LogP contribution in [0, 0.1) is 12.8 Å². The van der Waals surface area contributed by atoms with Crippen molar-refractivity contribution in [3.8, 4) is 0 Å². The lowest BCUT2D eigenvalue weighted by Gasteiger charge is -2.42. The minimum atomic E-state index is 0.107. The SMILES string of the molecule is CCc1noc(C)c1C(=O)N1CCC([C@@H]2CCCCN2C)CC1. The third kappa shape index (κ3) is 3.30. The number of amides is 1. The predicted octanol–water partition coefficient (Wildman–Crippen LogP) is 2.88. The number of aromatic nitrogens is 1. The molecule has 3 rings (SSSR count). The zero-order chi connectivity index (χ0) is 16.4. The van der Waals surface area contributed by atoms with E-state index in [1.54, 1.807) is 0 Å². The molecule has 2 aliphatic heterocycles. The van der Waals surface area contributed by atoms with E-state index in [-0.39, 0.29) is 5.91 Å². The van der Waals surface area contributed by atoms with Gasteiger partial charge in [-0.05, 0) is 58.5 Å². The van der Waals surface area contributed by atoms with Gasteiger partial charge in [-0.2, -0.15) is 0 Å². The van der Waals surface area contributed by atoms with E-state index in [0.29, 0.717) is 17.4 Å². The molecule has 0 radical (unpaired) electrons. The first-order valence-electron chi connectivity index (χ1n) is 9.06. The van der Waals surface area contributed by atoms with Crippen LogP contribution < -0.4 is 0 Å². The minimum Gasteiger partial charge on any atom is -0.361 e. The number of carbonyl (C=O) groups is 1. The molecule has 1 amide bonds. The highest BCUT2D eigenvalue weighted by atomic mass is 16.5. The number of piperidine rings is 2. The van der Waals surface area contributed by atoms with Crippen molar-refractivity contribution in [2.45, 2.75) is 58.4 Å². The topological polar surface area (TPSA) is 49.6 Å². The Labute approximate surface area is 139 Å². The Kier molecular flexibility index (Phi) is 5.05. The molecule has 1 aromatic heterocycles. The first-order valence-corrected chi connectivity index (χ1v) is 9.06. The Morgan fingerprint density at radius 2 is 1.96 bits per heavy atom. The van der Waals surface area contributed by atoms with Crippen LogP contribution in [0.2, 0.25) is 0 Å². The van der Waals surface area contributed by atoms with Crippen LogP contribution in [0.4, 0.5) is 0 Å². The van der Waals surface area contributed by atoms with Crippen molar-refractivity contribution >= 4 is 5.91 Å². The van der Waals surface area contributed by atoms with Gasteiger partial charge in [-0.15, -0.1) is 0 Å². The zero-order valence-electron chi connectivity index (χ0n) is 14.7. The molecule has 0 bridgehead atoms. The lowest BCUT2D eigenvalue weighted by molar-refractivity contribution is 0.0552. The Morgan fingerprint density at radius 3 is 2.61 bits per heavy atom. The standard InChI is InChI=1S/C18H29N3O2/c1-4-15-17(13(2)23-19-15)18(22)21-11-8-14(9-12-21)16-7-5-6-10-20(16)3/h14,16H,4-12H2,1-3H3/t16-/m0/s1. The number of hydrogen-bond acceptors (Lipinski definition) is 4. The fraction of sp³-hybridized carbons (Fsp3) is 0.778. The second-order valence-corrected chi connectivity index (χ2v) is 7.09. The van der Waals surface area contributed by atoms with Gasteiger partial charge in [-0.3, -0.25) is 4.79 Å². The van der Waals surface area contributed by atoms with Gasteiger partial charge in [0.05, 0.1) is 5.69 Å². The summed E-state index contributed by atoms with van der Waals surface area (Å²) in [5.41, 5.74) is 1.49. The van der Waals surface area contributed by atoms with E-state index in [9.17, 15) is 4.79 Å². The van der Waals surface area contributed by atoms with Crippen molar-refractivity contribution in [2.75, 3.05) is 26.7 Å². The normalized spacial score (nSPS) is 24.1. The van der Waals surface area contributed by atoms with Gasteiger partial charge < -0.3 is 14.3 Å². The van der Waals surface area contributed by atoms with Crippen molar-refractivity contribution in [1.29, 1.82) is 0 Å². The molecule has 5 nitrogen and oxygen atoms in total. The van der Waals surface area contributed by atoms with Crippen LogP contribution >= 0.6 is 0 Å². The molecule has 0 spiro atoms. The van der Waals surface area contributed by atoms with Crippen molar-refractivity contribution in [3.63, 3.8) is 0 Å². The van der Waals surface area contributed by atoms with E-state index in [1.807, 2.05) is 18.7 Å². The molecular formula is C18H29N3O2. The minimum absolute atomic E-state index is 0.107. The fourth-order valence-electron chi connectivity index (χ4n) is 4.28. The summed E-state index contributed by atoms with van der Waals surface area (Å²) in [6.07, 6.45) is 6.98. The highest BCUT2D eigenvalue weighted by molar-refractivity contribution is 5.96. The first kappa shape index (κ1) is 16.5.